The molecule has 1 aromatic carbocycles. The Balaban J connectivity index is 2.18. The first-order valence-electron chi connectivity index (χ1n) is 7.36. The molecule has 0 unspecified atom stereocenters. The summed E-state index contributed by atoms with van der Waals surface area (Å²) in [6.07, 6.45) is 3.46. The van der Waals surface area contributed by atoms with Crippen LogP contribution in [-0.4, -0.2) is 17.6 Å². The fraction of sp³-hybridized carbons (Fsp3) is 0.588. The molecular weight excluding hydrogens is 250 g/mol. The lowest BCUT2D eigenvalue weighted by Crippen LogP contribution is -2.25. The Morgan fingerprint density at radius 3 is 2.30 bits per heavy atom. The first-order valence-corrected chi connectivity index (χ1v) is 7.36. The van der Waals surface area contributed by atoms with Crippen molar-refractivity contribution >= 4 is 5.91 Å². The van der Waals surface area contributed by atoms with Crippen LogP contribution in [0.25, 0.3) is 0 Å². The average Bonchev–Trinajstić information content (AvgIpc) is 2.38. The van der Waals surface area contributed by atoms with Gasteiger partial charge in [0.15, 0.2) is 0 Å². The summed E-state index contributed by atoms with van der Waals surface area (Å²) in [6.45, 7) is 7.33. The van der Waals surface area contributed by atoms with Gasteiger partial charge in [0.1, 0.15) is 0 Å². The predicted molar refractivity (Wildman–Crippen MR) is 82.4 cm³/mol. The molecule has 0 aliphatic heterocycles. The summed E-state index contributed by atoms with van der Waals surface area (Å²) in [6, 6.07) is 7.83. The fourth-order valence-electron chi connectivity index (χ4n) is 2.03. The Labute approximate surface area is 122 Å². The van der Waals surface area contributed by atoms with E-state index in [1.165, 1.54) is 5.56 Å². The minimum Gasteiger partial charge on any atom is -0.392 e. The molecule has 0 saturated heterocycles. The average molecular weight is 277 g/mol. The van der Waals surface area contributed by atoms with Gasteiger partial charge in [-0.15, -0.1) is 0 Å². The van der Waals surface area contributed by atoms with Crippen LogP contribution in [0.1, 0.15) is 51.2 Å². The Morgan fingerprint density at radius 2 is 1.75 bits per heavy atom. The Bertz CT molecular complexity index is 404. The van der Waals surface area contributed by atoms with Gasteiger partial charge in [-0.05, 0) is 35.8 Å². The van der Waals surface area contributed by atoms with E-state index in [-0.39, 0.29) is 12.5 Å². The molecule has 0 saturated carbocycles. The summed E-state index contributed by atoms with van der Waals surface area (Å²) in [5, 5.41) is 11.9. The number of aliphatic hydroxyl groups is 1. The molecule has 2 N–H and O–H groups in total. The molecule has 112 valence electrons. The van der Waals surface area contributed by atoms with Crippen molar-refractivity contribution in [2.75, 3.05) is 6.54 Å². The van der Waals surface area contributed by atoms with E-state index in [0.717, 1.165) is 24.8 Å². The van der Waals surface area contributed by atoms with Crippen LogP contribution in [0.4, 0.5) is 0 Å². The van der Waals surface area contributed by atoms with Gasteiger partial charge < -0.3 is 10.4 Å². The van der Waals surface area contributed by atoms with Crippen LogP contribution in [0.3, 0.4) is 0 Å². The molecule has 0 radical (unpaired) electrons. The molecule has 0 aliphatic carbocycles. The standard InChI is InChI=1S/C17H27NO2/c1-17(2,3)11-4-5-16(20)18-12-10-14-6-8-15(13-19)9-7-14/h6-9,19H,4-5,10-13H2,1-3H3,(H,18,20). The van der Waals surface area contributed by atoms with E-state index in [4.69, 9.17) is 5.11 Å². The molecule has 0 aromatic heterocycles. The Hall–Kier alpha value is -1.35. The summed E-state index contributed by atoms with van der Waals surface area (Å²) < 4.78 is 0. The number of rotatable bonds is 7. The molecule has 0 bridgehead atoms. The highest BCUT2D eigenvalue weighted by molar-refractivity contribution is 5.75. The second-order valence-corrected chi connectivity index (χ2v) is 6.49. The number of hydrogen-bond donors (Lipinski definition) is 2. The van der Waals surface area contributed by atoms with Crippen molar-refractivity contribution in [3.63, 3.8) is 0 Å². The maximum Gasteiger partial charge on any atom is 0.220 e. The molecule has 0 fully saturated rings. The van der Waals surface area contributed by atoms with Crippen molar-refractivity contribution < 1.29 is 9.90 Å². The van der Waals surface area contributed by atoms with Gasteiger partial charge in [0.05, 0.1) is 6.61 Å². The molecular formula is C17H27NO2. The lowest BCUT2D eigenvalue weighted by molar-refractivity contribution is -0.121. The third kappa shape index (κ3) is 7.29. The fourth-order valence-corrected chi connectivity index (χ4v) is 2.03. The van der Waals surface area contributed by atoms with Crippen molar-refractivity contribution in [3.05, 3.63) is 35.4 Å². The predicted octanol–water partition coefficient (Wildman–Crippen LogP) is 3.05. The molecule has 0 spiro atoms. The smallest absolute Gasteiger partial charge is 0.220 e. The zero-order valence-electron chi connectivity index (χ0n) is 12.9. The molecule has 3 nitrogen and oxygen atoms in total. The lowest BCUT2D eigenvalue weighted by Gasteiger charge is -2.17. The van der Waals surface area contributed by atoms with Gasteiger partial charge in [-0.25, -0.2) is 0 Å². The molecule has 1 amide bonds. The van der Waals surface area contributed by atoms with Gasteiger partial charge in [-0.2, -0.15) is 0 Å². The monoisotopic (exact) mass is 277 g/mol. The van der Waals surface area contributed by atoms with E-state index in [2.05, 4.69) is 26.1 Å². The second kappa shape index (κ2) is 8.05. The largest absolute Gasteiger partial charge is 0.392 e. The van der Waals surface area contributed by atoms with E-state index in [9.17, 15) is 4.79 Å². The van der Waals surface area contributed by atoms with Gasteiger partial charge in [0, 0.05) is 13.0 Å². The number of benzene rings is 1. The van der Waals surface area contributed by atoms with Crippen molar-refractivity contribution in [1.82, 2.24) is 5.32 Å². The second-order valence-electron chi connectivity index (χ2n) is 6.49. The zero-order chi connectivity index (χ0) is 15.0. The minimum atomic E-state index is 0.0742. The van der Waals surface area contributed by atoms with Crippen molar-refractivity contribution in [2.24, 2.45) is 5.41 Å². The van der Waals surface area contributed by atoms with E-state index in [0.29, 0.717) is 18.4 Å². The number of aliphatic hydroxyl groups excluding tert-OH is 1. The number of carbonyl (C=O) groups is 1. The van der Waals surface area contributed by atoms with Crippen LogP contribution in [0, 0.1) is 5.41 Å². The normalized spacial score (nSPS) is 11.4. The maximum atomic E-state index is 11.7. The van der Waals surface area contributed by atoms with Crippen molar-refractivity contribution in [3.8, 4) is 0 Å². The minimum absolute atomic E-state index is 0.0742. The summed E-state index contributed by atoms with van der Waals surface area (Å²) in [5.74, 6) is 0.140. The van der Waals surface area contributed by atoms with E-state index >= 15 is 0 Å². The van der Waals surface area contributed by atoms with Crippen LogP contribution in [0.15, 0.2) is 24.3 Å². The van der Waals surface area contributed by atoms with E-state index < -0.39 is 0 Å². The molecule has 0 atom stereocenters. The third-order valence-electron chi connectivity index (χ3n) is 3.27. The maximum absolute atomic E-state index is 11.7. The summed E-state index contributed by atoms with van der Waals surface area (Å²) >= 11 is 0. The highest BCUT2D eigenvalue weighted by atomic mass is 16.3. The van der Waals surface area contributed by atoms with Gasteiger partial charge in [0.25, 0.3) is 0 Å². The molecule has 0 heterocycles. The summed E-state index contributed by atoms with van der Waals surface area (Å²) in [4.78, 5) is 11.7. The highest BCUT2D eigenvalue weighted by Crippen LogP contribution is 2.21. The van der Waals surface area contributed by atoms with Crippen LogP contribution < -0.4 is 5.32 Å². The van der Waals surface area contributed by atoms with Crippen LogP contribution in [0.2, 0.25) is 0 Å². The van der Waals surface area contributed by atoms with Gasteiger partial charge in [-0.3, -0.25) is 4.79 Å². The number of carbonyl (C=O) groups excluding carboxylic acids is 1. The van der Waals surface area contributed by atoms with Crippen LogP contribution in [0.5, 0.6) is 0 Å². The van der Waals surface area contributed by atoms with Crippen molar-refractivity contribution in [2.45, 2.75) is 53.1 Å². The molecule has 0 aliphatic rings. The number of amides is 1. The lowest BCUT2D eigenvalue weighted by atomic mass is 9.90. The Morgan fingerprint density at radius 1 is 1.15 bits per heavy atom. The van der Waals surface area contributed by atoms with E-state index in [1.54, 1.807) is 0 Å². The van der Waals surface area contributed by atoms with E-state index in [1.807, 2.05) is 24.3 Å². The van der Waals surface area contributed by atoms with Gasteiger partial charge in [-0.1, -0.05) is 45.0 Å². The number of hydrogen-bond acceptors (Lipinski definition) is 2. The summed E-state index contributed by atoms with van der Waals surface area (Å²) in [7, 11) is 0. The molecule has 1 aromatic rings. The molecule has 3 heteroatoms. The molecule has 1 rings (SSSR count). The van der Waals surface area contributed by atoms with Crippen LogP contribution >= 0.6 is 0 Å². The first kappa shape index (κ1) is 16.7. The zero-order valence-corrected chi connectivity index (χ0v) is 12.9. The molecule has 20 heavy (non-hydrogen) atoms. The van der Waals surface area contributed by atoms with Crippen LogP contribution in [-0.2, 0) is 17.8 Å². The van der Waals surface area contributed by atoms with Gasteiger partial charge in [0.2, 0.25) is 5.91 Å². The topological polar surface area (TPSA) is 49.3 Å². The first-order chi connectivity index (χ1) is 9.40. The SMILES string of the molecule is CC(C)(C)CCCC(=O)NCCc1ccc(CO)cc1. The Kier molecular flexibility index (Phi) is 6.73. The quantitative estimate of drug-likeness (QED) is 0.804. The number of nitrogens with one attached hydrogen (secondary N) is 1. The third-order valence-corrected chi connectivity index (χ3v) is 3.27. The highest BCUT2D eigenvalue weighted by Gasteiger charge is 2.10. The summed E-state index contributed by atoms with van der Waals surface area (Å²) in [5.41, 5.74) is 2.39. The van der Waals surface area contributed by atoms with Crippen molar-refractivity contribution in [1.29, 1.82) is 0 Å². The van der Waals surface area contributed by atoms with Gasteiger partial charge >= 0.3 is 0 Å².